The number of aromatic nitrogens is 2. The van der Waals surface area contributed by atoms with Crippen molar-refractivity contribution in [2.45, 2.75) is 65.4 Å². The molecule has 8 heteroatoms. The molecule has 0 fully saturated rings. The highest BCUT2D eigenvalue weighted by molar-refractivity contribution is 8.02. The van der Waals surface area contributed by atoms with E-state index in [-0.39, 0.29) is 18.8 Å². The van der Waals surface area contributed by atoms with Crippen molar-refractivity contribution in [3.8, 4) is 33.6 Å². The Kier molecular flexibility index (Phi) is 9.94. The Morgan fingerprint density at radius 1 is 0.321 bits per heavy atom. The van der Waals surface area contributed by atoms with E-state index in [0.29, 0.717) is 0 Å². The molecule has 0 amide bonds. The molecule has 0 saturated heterocycles. The monoisotopic (exact) mass is 1060 g/mol. The van der Waals surface area contributed by atoms with E-state index in [2.05, 4.69) is 254 Å². The molecule has 0 radical (unpaired) electrons. The second kappa shape index (κ2) is 17.0. The highest BCUT2D eigenvalue weighted by atomic mass is 32.2. The fourth-order valence-corrected chi connectivity index (χ4v) is 18.4. The molecule has 78 heavy (non-hydrogen) atoms. The van der Waals surface area contributed by atoms with Crippen LogP contribution < -0.4 is 32.8 Å². The zero-order valence-electron chi connectivity index (χ0n) is 43.0. The SMILES string of the molecule is CC(C)(C)c1ccc2c(c1)Sc1cc(-c3cccc4c3c3ccccc3n4-c3ccc4c(c3)Sc3cccc5c3B4c3ccc(-c4ccccc4)cc3S5)cc3c1B2c1ccc(-n2c4ccccc4c4ccccc42)cc1S3. The number of hydrogen-bond acceptors (Lipinski definition) is 4. The summed E-state index contributed by atoms with van der Waals surface area (Å²) in [7, 11) is 0. The van der Waals surface area contributed by atoms with E-state index in [1.165, 1.54) is 155 Å². The van der Waals surface area contributed by atoms with E-state index >= 15 is 0 Å². The maximum absolute atomic E-state index is 2.52. The number of nitrogens with zero attached hydrogens (tertiary/aromatic N) is 2. The molecule has 0 atom stereocenters. The predicted molar refractivity (Wildman–Crippen MR) is 336 cm³/mol. The topological polar surface area (TPSA) is 9.86 Å². The fraction of sp³-hybridized carbons (Fsp3) is 0.0571. The van der Waals surface area contributed by atoms with Crippen molar-refractivity contribution < 1.29 is 0 Å². The number of para-hydroxylation sites is 3. The van der Waals surface area contributed by atoms with Crippen LogP contribution in [0.25, 0.3) is 77.2 Å². The number of hydrogen-bond donors (Lipinski definition) is 0. The summed E-state index contributed by atoms with van der Waals surface area (Å²) in [6.45, 7) is 7.30. The number of benzene rings is 11. The van der Waals surface area contributed by atoms with Crippen molar-refractivity contribution in [1.82, 2.24) is 9.13 Å². The lowest BCUT2D eigenvalue weighted by molar-refractivity contribution is 0.589. The lowest BCUT2D eigenvalue weighted by atomic mass is 9.36. The standard InChI is InChI=1S/C70H46B2N2S4/c1-70(2,3)44-28-32-52-62(38-44)77-65-36-43(37-66-69(65)72(52)54-33-29-45(39-64(54)78-66)73-55-21-10-7-17-48(55)49-18-8-11-22-56(49)73)47-20-13-24-58-67(47)50-19-9-12-23-57(50)74(58)46-30-34-53-63(40-46)76-60-26-14-25-59-68(60)71(53)51-31-27-42(35-61(51)75-59)41-15-5-4-6-16-41/h4-40H,1-3H3. The third kappa shape index (κ3) is 6.73. The predicted octanol–water partition coefficient (Wildman–Crippen LogP) is 15.4. The molecule has 4 aliphatic rings. The van der Waals surface area contributed by atoms with Crippen LogP contribution in [0.4, 0.5) is 0 Å². The van der Waals surface area contributed by atoms with Crippen LogP contribution in [0.5, 0.6) is 0 Å². The number of rotatable bonds is 4. The van der Waals surface area contributed by atoms with Crippen LogP contribution in [-0.4, -0.2) is 22.6 Å². The third-order valence-corrected chi connectivity index (χ3v) is 21.5. The lowest BCUT2D eigenvalue weighted by Gasteiger charge is -2.34. The summed E-state index contributed by atoms with van der Waals surface area (Å²) in [4.78, 5) is 10.8. The van der Waals surface area contributed by atoms with E-state index in [0.717, 1.165) is 0 Å². The summed E-state index contributed by atoms with van der Waals surface area (Å²) in [5.41, 5.74) is 22.2. The zero-order chi connectivity index (χ0) is 51.5. The van der Waals surface area contributed by atoms with Crippen molar-refractivity contribution in [3.05, 3.63) is 230 Å². The Morgan fingerprint density at radius 2 is 0.769 bits per heavy atom. The van der Waals surface area contributed by atoms with E-state index in [9.17, 15) is 0 Å². The van der Waals surface area contributed by atoms with Gasteiger partial charge in [-0.3, -0.25) is 0 Å². The van der Waals surface area contributed by atoms with Gasteiger partial charge in [-0.25, -0.2) is 0 Å². The first-order chi connectivity index (χ1) is 38.3. The molecule has 0 bridgehead atoms. The summed E-state index contributed by atoms with van der Waals surface area (Å²) in [5, 5.41) is 5.12. The Morgan fingerprint density at radius 3 is 1.38 bits per heavy atom. The third-order valence-electron chi connectivity index (χ3n) is 16.9. The Hall–Kier alpha value is -7.45. The van der Waals surface area contributed by atoms with Gasteiger partial charge >= 0.3 is 0 Å². The van der Waals surface area contributed by atoms with Gasteiger partial charge in [-0.1, -0.05) is 229 Å². The molecule has 2 aromatic heterocycles. The molecule has 17 rings (SSSR count). The minimum atomic E-state index is 0.0305. The minimum absolute atomic E-state index is 0.0305. The van der Waals surface area contributed by atoms with E-state index < -0.39 is 0 Å². The van der Waals surface area contributed by atoms with Gasteiger partial charge < -0.3 is 9.13 Å². The zero-order valence-corrected chi connectivity index (χ0v) is 46.3. The first kappa shape index (κ1) is 45.6. The molecule has 0 saturated carbocycles. The molecule has 2 nitrogen and oxygen atoms in total. The Labute approximate surface area is 471 Å². The molecule has 4 aliphatic heterocycles. The summed E-state index contributed by atoms with van der Waals surface area (Å²) in [6.07, 6.45) is 0. The van der Waals surface area contributed by atoms with Crippen LogP contribution in [-0.2, 0) is 5.41 Å². The molecule has 6 heterocycles. The summed E-state index contributed by atoms with van der Waals surface area (Å²) >= 11 is 7.77. The maximum atomic E-state index is 2.52. The van der Waals surface area contributed by atoms with Gasteiger partial charge in [-0.2, -0.15) is 0 Å². The van der Waals surface area contributed by atoms with Crippen molar-refractivity contribution in [2.75, 3.05) is 0 Å². The summed E-state index contributed by atoms with van der Waals surface area (Å²) < 4.78 is 4.99. The van der Waals surface area contributed by atoms with Crippen LogP contribution in [0.2, 0.25) is 0 Å². The summed E-state index contributed by atoms with van der Waals surface area (Å²) in [6, 6.07) is 85.5. The Bertz CT molecular complexity index is 4710. The van der Waals surface area contributed by atoms with E-state index in [1.54, 1.807) is 0 Å². The smallest absolute Gasteiger partial charge is 0.247 e. The second-order valence-electron chi connectivity index (χ2n) is 22.3. The van der Waals surface area contributed by atoms with E-state index in [1.807, 2.05) is 47.0 Å². The molecule has 0 spiro atoms. The van der Waals surface area contributed by atoms with Crippen LogP contribution in [0.15, 0.2) is 264 Å². The second-order valence-corrected chi connectivity index (χ2v) is 26.7. The van der Waals surface area contributed by atoms with Crippen molar-refractivity contribution >= 4 is 137 Å². The lowest BCUT2D eigenvalue weighted by Crippen LogP contribution is -2.58. The Balaban J connectivity index is 0.819. The molecule has 366 valence electrons. The van der Waals surface area contributed by atoms with Gasteiger partial charge in [0.2, 0.25) is 13.4 Å². The van der Waals surface area contributed by atoms with Gasteiger partial charge in [0.1, 0.15) is 0 Å². The van der Waals surface area contributed by atoms with Crippen LogP contribution in [0.1, 0.15) is 26.3 Å². The van der Waals surface area contributed by atoms with Crippen LogP contribution in [0.3, 0.4) is 0 Å². The maximum Gasteiger partial charge on any atom is 0.247 e. The quantitative estimate of drug-likeness (QED) is 0.162. The molecule has 13 aromatic rings. The van der Waals surface area contributed by atoms with Gasteiger partial charge in [0.25, 0.3) is 0 Å². The molecule has 0 unspecified atom stereocenters. The van der Waals surface area contributed by atoms with Gasteiger partial charge in [0.15, 0.2) is 0 Å². The average Bonchev–Trinajstić information content (AvgIpc) is 4.16. The van der Waals surface area contributed by atoms with Gasteiger partial charge in [0.05, 0.1) is 22.1 Å². The number of fused-ring (bicyclic) bond motifs is 14. The molecular weight excluding hydrogens is 1020 g/mol. The van der Waals surface area contributed by atoms with Gasteiger partial charge in [-0.15, -0.1) is 0 Å². The van der Waals surface area contributed by atoms with E-state index in [4.69, 9.17) is 0 Å². The first-order valence-electron chi connectivity index (χ1n) is 26.9. The highest BCUT2D eigenvalue weighted by Gasteiger charge is 2.41. The molecule has 0 aliphatic carbocycles. The van der Waals surface area contributed by atoms with Crippen molar-refractivity contribution in [1.29, 1.82) is 0 Å². The molecule has 0 N–H and O–H groups in total. The molecule has 11 aromatic carbocycles. The fourth-order valence-electron chi connectivity index (χ4n) is 13.3. The normalized spacial score (nSPS) is 13.8. The highest BCUT2D eigenvalue weighted by Crippen LogP contribution is 2.47. The van der Waals surface area contributed by atoms with Crippen LogP contribution >= 0.6 is 47.0 Å². The first-order valence-corrected chi connectivity index (χ1v) is 30.2. The van der Waals surface area contributed by atoms with Gasteiger partial charge in [-0.05, 0) is 129 Å². The van der Waals surface area contributed by atoms with Gasteiger partial charge in [0, 0.05) is 72.1 Å². The largest absolute Gasteiger partial charge is 0.309 e. The molecular formula is C70H46B2N2S4. The minimum Gasteiger partial charge on any atom is -0.309 e. The van der Waals surface area contributed by atoms with Crippen molar-refractivity contribution in [2.24, 2.45) is 0 Å². The van der Waals surface area contributed by atoms with Crippen LogP contribution in [0, 0.1) is 0 Å². The summed E-state index contributed by atoms with van der Waals surface area (Å²) in [5.74, 6) is 0. The van der Waals surface area contributed by atoms with Crippen molar-refractivity contribution in [3.63, 3.8) is 0 Å². The average molecular weight is 1070 g/mol.